The average molecular weight is 272 g/mol. The maximum atomic E-state index is 12.8. The number of hydrogen-bond donors (Lipinski definition) is 1. The lowest BCUT2D eigenvalue weighted by atomic mass is 10.1. The lowest BCUT2D eigenvalue weighted by Gasteiger charge is -2.29. The molecule has 20 heavy (non-hydrogen) atoms. The van der Waals surface area contributed by atoms with E-state index in [0.29, 0.717) is 11.3 Å². The highest BCUT2D eigenvalue weighted by atomic mass is 16.2. The Kier molecular flexibility index (Phi) is 3.33. The number of nitrogens with zero attached hydrogens (tertiary/aromatic N) is 1. The van der Waals surface area contributed by atoms with E-state index < -0.39 is 0 Å². The van der Waals surface area contributed by atoms with Gasteiger partial charge < -0.3 is 4.90 Å². The molecular formula is C17H24N2O. The Balaban J connectivity index is 1.83. The second kappa shape index (κ2) is 4.88. The van der Waals surface area contributed by atoms with Crippen LogP contribution in [0.3, 0.4) is 0 Å². The van der Waals surface area contributed by atoms with Crippen molar-refractivity contribution in [2.24, 2.45) is 11.3 Å². The Hall–Kier alpha value is -1.35. The minimum atomic E-state index is -0.175. The molecule has 1 heterocycles. The first-order valence-corrected chi connectivity index (χ1v) is 7.62. The molecule has 2 aliphatic rings. The minimum Gasteiger partial charge on any atom is -0.325 e. The maximum absolute atomic E-state index is 12.8. The van der Waals surface area contributed by atoms with Gasteiger partial charge in [-0.1, -0.05) is 51.1 Å². The molecule has 108 valence electrons. The van der Waals surface area contributed by atoms with Crippen LogP contribution in [0.4, 0.5) is 0 Å². The fourth-order valence-corrected chi connectivity index (χ4v) is 3.03. The number of rotatable bonds is 4. The van der Waals surface area contributed by atoms with Crippen LogP contribution in [0, 0.1) is 11.3 Å². The van der Waals surface area contributed by atoms with E-state index >= 15 is 0 Å². The summed E-state index contributed by atoms with van der Waals surface area (Å²) in [5, 5.41) is 3.53. The topological polar surface area (TPSA) is 32.3 Å². The predicted octanol–water partition coefficient (Wildman–Crippen LogP) is 2.94. The van der Waals surface area contributed by atoms with Gasteiger partial charge in [0.05, 0.1) is 6.17 Å². The van der Waals surface area contributed by atoms with E-state index in [4.69, 9.17) is 0 Å². The summed E-state index contributed by atoms with van der Waals surface area (Å²) >= 11 is 0. The van der Waals surface area contributed by atoms with E-state index in [2.05, 4.69) is 31.0 Å². The van der Waals surface area contributed by atoms with Crippen LogP contribution >= 0.6 is 0 Å². The second-order valence-electron chi connectivity index (χ2n) is 6.98. The van der Waals surface area contributed by atoms with Gasteiger partial charge in [-0.15, -0.1) is 0 Å². The number of hydrogen-bond acceptors (Lipinski definition) is 2. The van der Waals surface area contributed by atoms with Gasteiger partial charge in [0.25, 0.3) is 0 Å². The first kappa shape index (κ1) is 13.6. The van der Waals surface area contributed by atoms with Gasteiger partial charge in [-0.2, -0.15) is 0 Å². The number of benzene rings is 1. The molecular weight excluding hydrogens is 248 g/mol. The van der Waals surface area contributed by atoms with E-state index in [0.717, 1.165) is 12.1 Å². The zero-order valence-corrected chi connectivity index (χ0v) is 12.6. The molecule has 1 amide bonds. The highest BCUT2D eigenvalue weighted by Gasteiger charge is 2.47. The summed E-state index contributed by atoms with van der Waals surface area (Å²) in [6.07, 6.45) is 2.65. The molecule has 0 radical (unpaired) electrons. The van der Waals surface area contributed by atoms with E-state index in [-0.39, 0.29) is 18.1 Å². The summed E-state index contributed by atoms with van der Waals surface area (Å²) in [5.41, 5.74) is 1.43. The van der Waals surface area contributed by atoms with Crippen molar-refractivity contribution >= 4 is 5.91 Å². The Labute approximate surface area is 121 Å². The number of carbonyl (C=O) groups excluding carboxylic acids is 1. The lowest BCUT2D eigenvalue weighted by Crippen LogP contribution is -2.43. The Morgan fingerprint density at radius 2 is 1.95 bits per heavy atom. The smallest absolute Gasteiger partial charge is 0.245 e. The molecule has 0 bridgehead atoms. The highest BCUT2D eigenvalue weighted by molar-refractivity contribution is 5.85. The molecule has 2 fully saturated rings. The largest absolute Gasteiger partial charge is 0.325 e. The van der Waals surface area contributed by atoms with Crippen molar-refractivity contribution in [2.75, 3.05) is 6.54 Å². The number of nitrogens with one attached hydrogen (secondary N) is 1. The molecule has 3 nitrogen and oxygen atoms in total. The van der Waals surface area contributed by atoms with Crippen LogP contribution in [0.1, 0.15) is 45.2 Å². The SMILES string of the molecule is CC(C)C1NC(c2ccccc2)C(=O)N1CC1(C)CC1. The van der Waals surface area contributed by atoms with Crippen LogP contribution in [0.25, 0.3) is 0 Å². The quantitative estimate of drug-likeness (QED) is 0.914. The van der Waals surface area contributed by atoms with E-state index in [1.54, 1.807) is 0 Å². The van der Waals surface area contributed by atoms with Crippen LogP contribution in [-0.2, 0) is 4.79 Å². The molecule has 1 aliphatic carbocycles. The molecule has 0 spiro atoms. The molecule has 3 heteroatoms. The molecule has 2 unspecified atom stereocenters. The Morgan fingerprint density at radius 1 is 1.30 bits per heavy atom. The number of carbonyl (C=O) groups is 1. The second-order valence-corrected chi connectivity index (χ2v) is 6.98. The van der Waals surface area contributed by atoms with Crippen LogP contribution in [0.5, 0.6) is 0 Å². The van der Waals surface area contributed by atoms with Gasteiger partial charge in [0.15, 0.2) is 0 Å². The lowest BCUT2D eigenvalue weighted by molar-refractivity contribution is -0.131. The Morgan fingerprint density at radius 3 is 2.50 bits per heavy atom. The van der Waals surface area contributed by atoms with Crippen LogP contribution in [-0.4, -0.2) is 23.5 Å². The van der Waals surface area contributed by atoms with Gasteiger partial charge in [-0.3, -0.25) is 10.1 Å². The average Bonchev–Trinajstić information content (AvgIpc) is 3.07. The van der Waals surface area contributed by atoms with Crippen molar-refractivity contribution in [3.63, 3.8) is 0 Å². The zero-order chi connectivity index (χ0) is 14.3. The summed E-state index contributed by atoms with van der Waals surface area (Å²) in [4.78, 5) is 14.9. The first-order chi connectivity index (χ1) is 9.50. The van der Waals surface area contributed by atoms with Crippen molar-refractivity contribution in [3.05, 3.63) is 35.9 Å². The monoisotopic (exact) mass is 272 g/mol. The Bertz CT molecular complexity index is 493. The van der Waals surface area contributed by atoms with E-state index in [1.807, 2.05) is 30.3 Å². The summed E-state index contributed by atoms with van der Waals surface area (Å²) < 4.78 is 0. The fourth-order valence-electron chi connectivity index (χ4n) is 3.03. The van der Waals surface area contributed by atoms with Gasteiger partial charge >= 0.3 is 0 Å². The van der Waals surface area contributed by atoms with Gasteiger partial charge in [0.1, 0.15) is 6.04 Å². The highest BCUT2D eigenvalue weighted by Crippen LogP contribution is 2.47. The molecule has 1 aromatic rings. The van der Waals surface area contributed by atoms with Gasteiger partial charge in [0.2, 0.25) is 5.91 Å². The molecule has 2 atom stereocenters. The van der Waals surface area contributed by atoms with Crippen molar-refractivity contribution < 1.29 is 4.79 Å². The predicted molar refractivity (Wildman–Crippen MR) is 80.0 cm³/mol. The van der Waals surface area contributed by atoms with Crippen molar-refractivity contribution in [1.82, 2.24) is 10.2 Å². The zero-order valence-electron chi connectivity index (χ0n) is 12.6. The molecule has 1 N–H and O–H groups in total. The molecule has 1 aromatic carbocycles. The normalized spacial score (nSPS) is 28.2. The van der Waals surface area contributed by atoms with Crippen molar-refractivity contribution in [2.45, 2.75) is 45.8 Å². The molecule has 1 saturated heterocycles. The molecule has 1 aliphatic heterocycles. The number of amides is 1. The van der Waals surface area contributed by atoms with Crippen LogP contribution in [0.2, 0.25) is 0 Å². The summed E-state index contributed by atoms with van der Waals surface area (Å²) in [7, 11) is 0. The summed E-state index contributed by atoms with van der Waals surface area (Å²) in [6, 6.07) is 9.89. The molecule has 1 saturated carbocycles. The molecule has 3 rings (SSSR count). The minimum absolute atomic E-state index is 0.158. The van der Waals surface area contributed by atoms with E-state index in [9.17, 15) is 4.79 Å². The van der Waals surface area contributed by atoms with Crippen LogP contribution in [0.15, 0.2) is 30.3 Å². The van der Waals surface area contributed by atoms with Crippen LogP contribution < -0.4 is 5.32 Å². The van der Waals surface area contributed by atoms with Gasteiger partial charge in [0, 0.05) is 6.54 Å². The molecule has 0 aromatic heterocycles. The third-order valence-electron chi connectivity index (χ3n) is 4.62. The van der Waals surface area contributed by atoms with Gasteiger partial charge in [-0.05, 0) is 29.7 Å². The third kappa shape index (κ3) is 2.47. The standard InChI is InChI=1S/C17H24N2O/c1-12(2)15-18-14(13-7-5-4-6-8-13)16(20)19(15)11-17(3)9-10-17/h4-8,12,14-15,18H,9-11H2,1-3H3. The third-order valence-corrected chi connectivity index (χ3v) is 4.62. The van der Waals surface area contributed by atoms with Gasteiger partial charge in [-0.25, -0.2) is 0 Å². The summed E-state index contributed by atoms with van der Waals surface area (Å²) in [6.45, 7) is 7.54. The first-order valence-electron chi connectivity index (χ1n) is 7.62. The maximum Gasteiger partial charge on any atom is 0.245 e. The fraction of sp³-hybridized carbons (Fsp3) is 0.588. The van der Waals surface area contributed by atoms with Crippen molar-refractivity contribution in [1.29, 1.82) is 0 Å². The van der Waals surface area contributed by atoms with Crippen molar-refractivity contribution in [3.8, 4) is 0 Å². The van der Waals surface area contributed by atoms with E-state index in [1.165, 1.54) is 12.8 Å². The summed E-state index contributed by atoms with van der Waals surface area (Å²) in [5.74, 6) is 0.665.